The van der Waals surface area contributed by atoms with Crippen molar-refractivity contribution < 1.29 is 14.3 Å². The maximum Gasteiger partial charge on any atom is 0.239 e. The molecule has 0 bridgehead atoms. The lowest BCUT2D eigenvalue weighted by Gasteiger charge is -2.23. The van der Waals surface area contributed by atoms with Gasteiger partial charge >= 0.3 is 0 Å². The molecule has 1 aromatic carbocycles. The lowest BCUT2D eigenvalue weighted by molar-refractivity contribution is -0.129. The molecular formula is C20H24N4O3. The number of hydrogen-bond acceptors (Lipinski definition) is 5. The number of nitrogens with one attached hydrogen (secondary N) is 3. The first kappa shape index (κ1) is 19.0. The second-order valence-corrected chi connectivity index (χ2v) is 6.36. The maximum absolute atomic E-state index is 12.4. The molecule has 2 amide bonds. The van der Waals surface area contributed by atoms with Crippen molar-refractivity contribution >= 4 is 11.8 Å². The monoisotopic (exact) mass is 368 g/mol. The Balaban J connectivity index is 1.57. The van der Waals surface area contributed by atoms with Crippen LogP contribution < -0.4 is 16.0 Å². The number of nitrogens with zero attached hydrogens (tertiary/aromatic N) is 1. The number of rotatable bonds is 7. The van der Waals surface area contributed by atoms with Crippen molar-refractivity contribution in [2.45, 2.75) is 18.5 Å². The SMILES string of the molecule is O=C(CNC(=O)[C@H]1COCCN1)NC(Cc1ccccn1)c1ccccc1. The second kappa shape index (κ2) is 9.80. The topological polar surface area (TPSA) is 92.4 Å². The number of benzene rings is 1. The Morgan fingerprint density at radius 1 is 1.19 bits per heavy atom. The summed E-state index contributed by atoms with van der Waals surface area (Å²) in [6.45, 7) is 1.46. The Morgan fingerprint density at radius 3 is 2.70 bits per heavy atom. The minimum atomic E-state index is -0.412. The molecule has 0 spiro atoms. The van der Waals surface area contributed by atoms with E-state index in [4.69, 9.17) is 4.74 Å². The average Bonchev–Trinajstić information content (AvgIpc) is 2.73. The van der Waals surface area contributed by atoms with Crippen LogP contribution in [0.4, 0.5) is 0 Å². The van der Waals surface area contributed by atoms with E-state index < -0.39 is 6.04 Å². The number of carbonyl (C=O) groups is 2. The van der Waals surface area contributed by atoms with E-state index >= 15 is 0 Å². The molecule has 1 fully saturated rings. The van der Waals surface area contributed by atoms with Crippen LogP contribution in [0.1, 0.15) is 17.3 Å². The van der Waals surface area contributed by atoms with Gasteiger partial charge in [-0.05, 0) is 17.7 Å². The van der Waals surface area contributed by atoms with Gasteiger partial charge in [-0.25, -0.2) is 0 Å². The third-order valence-corrected chi connectivity index (χ3v) is 4.34. The van der Waals surface area contributed by atoms with Gasteiger partial charge in [-0.1, -0.05) is 36.4 Å². The van der Waals surface area contributed by atoms with E-state index in [1.807, 2.05) is 48.5 Å². The van der Waals surface area contributed by atoms with Crippen LogP contribution in [0.25, 0.3) is 0 Å². The van der Waals surface area contributed by atoms with E-state index in [0.29, 0.717) is 26.2 Å². The van der Waals surface area contributed by atoms with Crippen LogP contribution in [-0.4, -0.2) is 49.1 Å². The zero-order chi connectivity index (χ0) is 18.9. The van der Waals surface area contributed by atoms with Crippen molar-refractivity contribution in [3.05, 3.63) is 66.0 Å². The molecular weight excluding hydrogens is 344 g/mol. The van der Waals surface area contributed by atoms with Crippen molar-refractivity contribution in [1.29, 1.82) is 0 Å². The largest absolute Gasteiger partial charge is 0.378 e. The lowest BCUT2D eigenvalue weighted by atomic mass is 10.0. The van der Waals surface area contributed by atoms with Crippen LogP contribution in [-0.2, 0) is 20.7 Å². The molecule has 0 aliphatic carbocycles. The number of pyridine rings is 1. The van der Waals surface area contributed by atoms with Crippen molar-refractivity contribution in [3.8, 4) is 0 Å². The van der Waals surface area contributed by atoms with Crippen LogP contribution in [0.15, 0.2) is 54.7 Å². The molecule has 1 unspecified atom stereocenters. The molecule has 2 aromatic rings. The summed E-state index contributed by atoms with van der Waals surface area (Å²) in [6, 6.07) is 14.8. The van der Waals surface area contributed by atoms with Gasteiger partial charge in [-0.15, -0.1) is 0 Å². The average molecular weight is 368 g/mol. The standard InChI is InChI=1S/C20H24N4O3/c25-19(13-23-20(26)18-14-27-11-10-22-18)24-17(15-6-2-1-3-7-15)12-16-8-4-5-9-21-16/h1-9,17-18,22H,10-14H2,(H,23,26)(H,24,25)/t17?,18-/m1/s1. The summed E-state index contributed by atoms with van der Waals surface area (Å²) in [5.41, 5.74) is 1.88. The Hall–Kier alpha value is -2.77. The fourth-order valence-electron chi connectivity index (χ4n) is 2.94. The van der Waals surface area contributed by atoms with E-state index in [1.165, 1.54) is 0 Å². The predicted octanol–water partition coefficient (Wildman–Crippen LogP) is 0.586. The summed E-state index contributed by atoms with van der Waals surface area (Å²) in [5, 5.41) is 8.72. The Bertz CT molecular complexity index is 733. The van der Waals surface area contributed by atoms with Gasteiger partial charge in [0, 0.05) is 24.9 Å². The van der Waals surface area contributed by atoms with E-state index in [-0.39, 0.29) is 24.4 Å². The highest BCUT2D eigenvalue weighted by atomic mass is 16.5. The van der Waals surface area contributed by atoms with Crippen molar-refractivity contribution in [1.82, 2.24) is 20.9 Å². The lowest BCUT2D eigenvalue weighted by Crippen LogP contribution is -2.52. The summed E-state index contributed by atoms with van der Waals surface area (Å²) < 4.78 is 5.27. The van der Waals surface area contributed by atoms with Crippen molar-refractivity contribution in [2.24, 2.45) is 0 Å². The smallest absolute Gasteiger partial charge is 0.239 e. The molecule has 2 heterocycles. The third kappa shape index (κ3) is 5.87. The van der Waals surface area contributed by atoms with Gasteiger partial charge in [-0.2, -0.15) is 0 Å². The molecule has 3 rings (SSSR count). The minimum Gasteiger partial charge on any atom is -0.378 e. The number of amides is 2. The zero-order valence-electron chi connectivity index (χ0n) is 15.1. The molecule has 1 saturated heterocycles. The Morgan fingerprint density at radius 2 is 2.00 bits per heavy atom. The van der Waals surface area contributed by atoms with Crippen LogP contribution in [0.3, 0.4) is 0 Å². The number of aromatic nitrogens is 1. The van der Waals surface area contributed by atoms with Gasteiger partial charge in [0.25, 0.3) is 0 Å². The summed E-state index contributed by atoms with van der Waals surface area (Å²) in [4.78, 5) is 28.9. The first-order valence-corrected chi connectivity index (χ1v) is 9.05. The molecule has 27 heavy (non-hydrogen) atoms. The van der Waals surface area contributed by atoms with Gasteiger partial charge in [-0.3, -0.25) is 14.6 Å². The molecule has 1 aliphatic heterocycles. The molecule has 7 heteroatoms. The number of morpholine rings is 1. The summed E-state index contributed by atoms with van der Waals surface area (Å²) in [6.07, 6.45) is 2.31. The van der Waals surface area contributed by atoms with E-state index in [2.05, 4.69) is 20.9 Å². The highest BCUT2D eigenvalue weighted by Crippen LogP contribution is 2.17. The summed E-state index contributed by atoms with van der Waals surface area (Å²) in [7, 11) is 0. The van der Waals surface area contributed by atoms with Crippen molar-refractivity contribution in [2.75, 3.05) is 26.3 Å². The molecule has 7 nitrogen and oxygen atoms in total. The van der Waals surface area contributed by atoms with Crippen LogP contribution in [0, 0.1) is 0 Å². The van der Waals surface area contributed by atoms with Gasteiger partial charge in [0.1, 0.15) is 6.04 Å². The Kier molecular flexibility index (Phi) is 6.90. The molecule has 1 aliphatic rings. The first-order chi connectivity index (χ1) is 13.2. The molecule has 3 N–H and O–H groups in total. The molecule has 1 aromatic heterocycles. The Labute approximate surface area is 158 Å². The van der Waals surface area contributed by atoms with Gasteiger partial charge in [0.15, 0.2) is 0 Å². The molecule has 0 saturated carbocycles. The number of ether oxygens (including phenoxy) is 1. The van der Waals surface area contributed by atoms with E-state index in [1.54, 1.807) is 6.20 Å². The maximum atomic E-state index is 12.4. The second-order valence-electron chi connectivity index (χ2n) is 6.36. The van der Waals surface area contributed by atoms with E-state index in [9.17, 15) is 9.59 Å². The molecule has 0 radical (unpaired) electrons. The summed E-state index contributed by atoms with van der Waals surface area (Å²) >= 11 is 0. The molecule has 2 atom stereocenters. The fourth-order valence-corrected chi connectivity index (χ4v) is 2.94. The number of carbonyl (C=O) groups excluding carboxylic acids is 2. The van der Waals surface area contributed by atoms with E-state index in [0.717, 1.165) is 11.3 Å². The number of hydrogen-bond donors (Lipinski definition) is 3. The van der Waals surface area contributed by atoms with Gasteiger partial charge in [0.2, 0.25) is 11.8 Å². The highest BCUT2D eigenvalue weighted by Gasteiger charge is 2.22. The highest BCUT2D eigenvalue weighted by molar-refractivity contribution is 5.87. The van der Waals surface area contributed by atoms with Gasteiger partial charge in [0.05, 0.1) is 25.8 Å². The fraction of sp³-hybridized carbons (Fsp3) is 0.350. The summed E-state index contributed by atoms with van der Waals surface area (Å²) in [5.74, 6) is -0.476. The minimum absolute atomic E-state index is 0.0808. The van der Waals surface area contributed by atoms with Crippen LogP contribution in [0.5, 0.6) is 0 Å². The quantitative estimate of drug-likeness (QED) is 0.665. The zero-order valence-corrected chi connectivity index (χ0v) is 15.1. The van der Waals surface area contributed by atoms with Crippen molar-refractivity contribution in [3.63, 3.8) is 0 Å². The van der Waals surface area contributed by atoms with Gasteiger partial charge < -0.3 is 20.7 Å². The normalized spacial score (nSPS) is 17.7. The van der Waals surface area contributed by atoms with Crippen LogP contribution >= 0.6 is 0 Å². The predicted molar refractivity (Wildman–Crippen MR) is 101 cm³/mol. The first-order valence-electron chi connectivity index (χ1n) is 9.05. The van der Waals surface area contributed by atoms with Crippen LogP contribution in [0.2, 0.25) is 0 Å². The molecule has 142 valence electrons. The third-order valence-electron chi connectivity index (χ3n) is 4.34.